The summed E-state index contributed by atoms with van der Waals surface area (Å²) in [6.07, 6.45) is 4.61. The molecule has 0 aliphatic heterocycles. The standard InChI is InChI=1S/C17H29NO2/c1-3-7-16-8-10-17(11-9-16)20-15-13-18-12-5-6-14-19-4-2/h8-11,18H,3-7,12-15H2,1-2H3. The highest BCUT2D eigenvalue weighted by Crippen LogP contribution is 2.12. The van der Waals surface area contributed by atoms with Crippen LogP contribution in [0.2, 0.25) is 0 Å². The molecule has 0 aromatic heterocycles. The van der Waals surface area contributed by atoms with E-state index in [0.29, 0.717) is 0 Å². The summed E-state index contributed by atoms with van der Waals surface area (Å²) in [7, 11) is 0. The van der Waals surface area contributed by atoms with Crippen molar-refractivity contribution in [3.05, 3.63) is 29.8 Å². The predicted octanol–water partition coefficient (Wildman–Crippen LogP) is 3.42. The monoisotopic (exact) mass is 279 g/mol. The van der Waals surface area contributed by atoms with Crippen LogP contribution >= 0.6 is 0 Å². The summed E-state index contributed by atoms with van der Waals surface area (Å²) in [5.41, 5.74) is 1.38. The summed E-state index contributed by atoms with van der Waals surface area (Å²) in [5.74, 6) is 0.961. The van der Waals surface area contributed by atoms with Gasteiger partial charge < -0.3 is 14.8 Å². The Labute approximate surface area is 123 Å². The Kier molecular flexibility index (Phi) is 9.98. The number of hydrogen-bond acceptors (Lipinski definition) is 3. The summed E-state index contributed by atoms with van der Waals surface area (Å²) in [6.45, 7) is 8.57. The quantitative estimate of drug-likeness (QED) is 0.595. The third-order valence-electron chi connectivity index (χ3n) is 3.11. The SMILES string of the molecule is CCCc1ccc(OCCNCCCCOCC)cc1. The van der Waals surface area contributed by atoms with Crippen LogP contribution in [0.5, 0.6) is 5.75 Å². The lowest BCUT2D eigenvalue weighted by molar-refractivity contribution is 0.143. The number of hydrogen-bond donors (Lipinski definition) is 1. The maximum absolute atomic E-state index is 5.70. The highest BCUT2D eigenvalue weighted by atomic mass is 16.5. The Bertz CT molecular complexity index is 324. The van der Waals surface area contributed by atoms with Crippen molar-refractivity contribution in [2.24, 2.45) is 0 Å². The van der Waals surface area contributed by atoms with Gasteiger partial charge in [-0.15, -0.1) is 0 Å². The number of benzene rings is 1. The highest BCUT2D eigenvalue weighted by Gasteiger charge is 1.95. The van der Waals surface area contributed by atoms with Gasteiger partial charge in [0.25, 0.3) is 0 Å². The van der Waals surface area contributed by atoms with Crippen LogP contribution in [0.1, 0.15) is 38.7 Å². The molecule has 0 saturated carbocycles. The minimum atomic E-state index is 0.721. The van der Waals surface area contributed by atoms with Gasteiger partial charge in [-0.1, -0.05) is 25.5 Å². The first-order chi connectivity index (χ1) is 9.86. The van der Waals surface area contributed by atoms with Gasteiger partial charge in [-0.25, -0.2) is 0 Å². The van der Waals surface area contributed by atoms with Crippen molar-refractivity contribution in [2.45, 2.75) is 39.5 Å². The van der Waals surface area contributed by atoms with Crippen LogP contribution in [0.4, 0.5) is 0 Å². The fourth-order valence-corrected chi connectivity index (χ4v) is 2.01. The second-order valence-electron chi connectivity index (χ2n) is 4.90. The van der Waals surface area contributed by atoms with Crippen molar-refractivity contribution in [2.75, 3.05) is 32.9 Å². The van der Waals surface area contributed by atoms with E-state index in [1.54, 1.807) is 0 Å². The third-order valence-corrected chi connectivity index (χ3v) is 3.11. The molecule has 0 unspecified atom stereocenters. The molecule has 0 saturated heterocycles. The molecule has 114 valence electrons. The molecular weight excluding hydrogens is 250 g/mol. The number of unbranched alkanes of at least 4 members (excludes halogenated alkanes) is 1. The molecule has 1 aromatic carbocycles. The summed E-state index contributed by atoms with van der Waals surface area (Å²) >= 11 is 0. The van der Waals surface area contributed by atoms with Crippen LogP contribution in [0.15, 0.2) is 24.3 Å². The number of ether oxygens (including phenoxy) is 2. The van der Waals surface area contributed by atoms with Gasteiger partial charge in [0.2, 0.25) is 0 Å². The van der Waals surface area contributed by atoms with Gasteiger partial charge in [0, 0.05) is 19.8 Å². The summed E-state index contributed by atoms with van der Waals surface area (Å²) in [4.78, 5) is 0. The lowest BCUT2D eigenvalue weighted by Crippen LogP contribution is -2.22. The second kappa shape index (κ2) is 11.7. The number of aryl methyl sites for hydroxylation is 1. The molecule has 20 heavy (non-hydrogen) atoms. The van der Waals surface area contributed by atoms with Gasteiger partial charge in [0.1, 0.15) is 12.4 Å². The molecule has 0 atom stereocenters. The minimum Gasteiger partial charge on any atom is -0.492 e. The lowest BCUT2D eigenvalue weighted by Gasteiger charge is -2.08. The van der Waals surface area contributed by atoms with E-state index in [4.69, 9.17) is 9.47 Å². The summed E-state index contributed by atoms with van der Waals surface area (Å²) in [6, 6.07) is 8.43. The molecule has 0 spiro atoms. The van der Waals surface area contributed by atoms with E-state index in [2.05, 4.69) is 36.5 Å². The molecule has 1 N–H and O–H groups in total. The fourth-order valence-electron chi connectivity index (χ4n) is 2.01. The maximum atomic E-state index is 5.70. The summed E-state index contributed by atoms with van der Waals surface area (Å²) in [5, 5.41) is 3.38. The molecule has 0 aliphatic carbocycles. The van der Waals surface area contributed by atoms with Gasteiger partial charge >= 0.3 is 0 Å². The first-order valence-electron chi connectivity index (χ1n) is 7.87. The van der Waals surface area contributed by atoms with Crippen LogP contribution in [0.3, 0.4) is 0 Å². The van der Waals surface area contributed by atoms with Crippen molar-refractivity contribution in [3.8, 4) is 5.75 Å². The molecule has 0 radical (unpaired) electrons. The molecule has 1 rings (SSSR count). The minimum absolute atomic E-state index is 0.721. The topological polar surface area (TPSA) is 30.5 Å². The van der Waals surface area contributed by atoms with Crippen molar-refractivity contribution < 1.29 is 9.47 Å². The normalized spacial score (nSPS) is 10.7. The van der Waals surface area contributed by atoms with Crippen LogP contribution in [0.25, 0.3) is 0 Å². The van der Waals surface area contributed by atoms with Gasteiger partial charge in [-0.05, 0) is 50.4 Å². The number of rotatable bonds is 12. The zero-order valence-corrected chi connectivity index (χ0v) is 13.0. The largest absolute Gasteiger partial charge is 0.492 e. The molecule has 0 fully saturated rings. The van der Waals surface area contributed by atoms with E-state index in [1.165, 1.54) is 12.0 Å². The lowest BCUT2D eigenvalue weighted by atomic mass is 10.1. The first kappa shape index (κ1) is 17.0. The Morgan fingerprint density at radius 2 is 1.75 bits per heavy atom. The molecule has 0 aliphatic rings. The Hall–Kier alpha value is -1.06. The molecule has 1 aromatic rings. The zero-order valence-electron chi connectivity index (χ0n) is 13.0. The highest BCUT2D eigenvalue weighted by molar-refractivity contribution is 5.27. The first-order valence-corrected chi connectivity index (χ1v) is 7.87. The van der Waals surface area contributed by atoms with E-state index in [9.17, 15) is 0 Å². The van der Waals surface area contributed by atoms with Gasteiger partial charge in [-0.3, -0.25) is 0 Å². The molecule has 0 bridgehead atoms. The Balaban J connectivity index is 1.98. The predicted molar refractivity (Wildman–Crippen MR) is 84.5 cm³/mol. The number of nitrogens with one attached hydrogen (secondary N) is 1. The van der Waals surface area contributed by atoms with Crippen molar-refractivity contribution in [3.63, 3.8) is 0 Å². The summed E-state index contributed by atoms with van der Waals surface area (Å²) < 4.78 is 11.0. The fraction of sp³-hybridized carbons (Fsp3) is 0.647. The van der Waals surface area contributed by atoms with Gasteiger partial charge in [0.05, 0.1) is 0 Å². The molecular formula is C17H29NO2. The van der Waals surface area contributed by atoms with Gasteiger partial charge in [0.15, 0.2) is 0 Å². The van der Waals surface area contributed by atoms with E-state index >= 15 is 0 Å². The second-order valence-corrected chi connectivity index (χ2v) is 4.90. The average Bonchev–Trinajstić information content (AvgIpc) is 2.47. The molecule has 0 amide bonds. The van der Waals surface area contributed by atoms with Crippen LogP contribution in [-0.4, -0.2) is 32.9 Å². The Morgan fingerprint density at radius 3 is 2.45 bits per heavy atom. The van der Waals surface area contributed by atoms with E-state index < -0.39 is 0 Å². The van der Waals surface area contributed by atoms with Crippen LogP contribution < -0.4 is 10.1 Å². The average molecular weight is 279 g/mol. The molecule has 3 heteroatoms. The van der Waals surface area contributed by atoms with Gasteiger partial charge in [-0.2, -0.15) is 0 Å². The van der Waals surface area contributed by atoms with Crippen molar-refractivity contribution in [1.82, 2.24) is 5.32 Å². The molecule has 0 heterocycles. The van der Waals surface area contributed by atoms with E-state index in [1.807, 2.05) is 6.92 Å². The van der Waals surface area contributed by atoms with Crippen molar-refractivity contribution in [1.29, 1.82) is 0 Å². The van der Waals surface area contributed by atoms with Crippen molar-refractivity contribution >= 4 is 0 Å². The Morgan fingerprint density at radius 1 is 0.950 bits per heavy atom. The van der Waals surface area contributed by atoms with Crippen LogP contribution in [-0.2, 0) is 11.2 Å². The molecule has 3 nitrogen and oxygen atoms in total. The van der Waals surface area contributed by atoms with E-state index in [-0.39, 0.29) is 0 Å². The maximum Gasteiger partial charge on any atom is 0.119 e. The van der Waals surface area contributed by atoms with Crippen LogP contribution in [0, 0.1) is 0 Å². The van der Waals surface area contributed by atoms with E-state index in [0.717, 1.165) is 57.9 Å². The zero-order chi connectivity index (χ0) is 14.5. The third kappa shape index (κ3) is 8.18. The smallest absolute Gasteiger partial charge is 0.119 e.